The Morgan fingerprint density at radius 2 is 1.80 bits per heavy atom. The first-order chi connectivity index (χ1) is 9.53. The molecule has 1 aromatic rings. The molecule has 0 spiro atoms. The fourth-order valence-electron chi connectivity index (χ4n) is 2.08. The third-order valence-electron chi connectivity index (χ3n) is 3.57. The van der Waals surface area contributed by atoms with E-state index >= 15 is 0 Å². The Kier molecular flexibility index (Phi) is 7.02. The summed E-state index contributed by atoms with van der Waals surface area (Å²) in [7, 11) is -1.92. The Balaban J connectivity index is 2.57. The van der Waals surface area contributed by atoms with Crippen molar-refractivity contribution >= 4 is 15.7 Å². The van der Waals surface area contributed by atoms with Crippen LogP contribution in [0.2, 0.25) is 0 Å². The predicted molar refractivity (Wildman–Crippen MR) is 84.5 cm³/mol. The molecule has 0 aromatic heterocycles. The molecule has 0 saturated heterocycles. The SMILES string of the molecule is CCCCC(CC)CNc1ccc(S(=O)(=O)NC)cc1. The second kappa shape index (κ2) is 8.27. The number of rotatable bonds is 9. The van der Waals surface area contributed by atoms with Gasteiger partial charge in [0, 0.05) is 12.2 Å². The van der Waals surface area contributed by atoms with Crippen molar-refractivity contribution in [2.45, 2.75) is 44.4 Å². The number of anilines is 1. The van der Waals surface area contributed by atoms with Crippen LogP contribution >= 0.6 is 0 Å². The van der Waals surface area contributed by atoms with Gasteiger partial charge in [-0.2, -0.15) is 0 Å². The molecule has 1 aromatic carbocycles. The van der Waals surface area contributed by atoms with E-state index in [-0.39, 0.29) is 0 Å². The number of benzene rings is 1. The maximum absolute atomic E-state index is 11.6. The molecule has 4 nitrogen and oxygen atoms in total. The van der Waals surface area contributed by atoms with Crippen molar-refractivity contribution in [3.63, 3.8) is 0 Å². The first-order valence-corrected chi connectivity index (χ1v) is 8.79. The molecule has 1 rings (SSSR count). The van der Waals surface area contributed by atoms with Crippen LogP contribution < -0.4 is 10.0 Å². The molecule has 114 valence electrons. The molecule has 0 saturated carbocycles. The van der Waals surface area contributed by atoms with Crippen LogP contribution in [-0.4, -0.2) is 22.0 Å². The summed E-state index contributed by atoms with van der Waals surface area (Å²) in [6.45, 7) is 5.36. The summed E-state index contributed by atoms with van der Waals surface area (Å²) in [5.74, 6) is 0.677. The van der Waals surface area contributed by atoms with Gasteiger partial charge in [-0.1, -0.05) is 33.1 Å². The summed E-state index contributed by atoms with van der Waals surface area (Å²) in [6, 6.07) is 6.88. The van der Waals surface area contributed by atoms with Crippen molar-refractivity contribution in [3.8, 4) is 0 Å². The standard InChI is InChI=1S/C15H26N2O2S/c1-4-6-7-13(5-2)12-17-14-8-10-15(11-9-14)20(18,19)16-3/h8-11,13,16-17H,4-7,12H2,1-3H3. The monoisotopic (exact) mass is 298 g/mol. The van der Waals surface area contributed by atoms with E-state index in [0.717, 1.165) is 12.2 Å². The maximum Gasteiger partial charge on any atom is 0.240 e. The Morgan fingerprint density at radius 3 is 2.30 bits per heavy atom. The number of unbranched alkanes of at least 4 members (excludes halogenated alkanes) is 1. The molecule has 5 heteroatoms. The van der Waals surface area contributed by atoms with Crippen molar-refractivity contribution in [3.05, 3.63) is 24.3 Å². The fraction of sp³-hybridized carbons (Fsp3) is 0.600. The second-order valence-electron chi connectivity index (χ2n) is 5.03. The Hall–Kier alpha value is -1.07. The number of hydrogen-bond acceptors (Lipinski definition) is 3. The lowest BCUT2D eigenvalue weighted by molar-refractivity contribution is 0.473. The molecule has 20 heavy (non-hydrogen) atoms. The summed E-state index contributed by atoms with van der Waals surface area (Å²) in [5.41, 5.74) is 0.968. The topological polar surface area (TPSA) is 58.2 Å². The molecular weight excluding hydrogens is 272 g/mol. The van der Waals surface area contributed by atoms with Gasteiger partial charge in [0.1, 0.15) is 0 Å². The Bertz CT molecular complexity index is 483. The average molecular weight is 298 g/mol. The maximum atomic E-state index is 11.6. The first-order valence-electron chi connectivity index (χ1n) is 7.31. The van der Waals surface area contributed by atoms with Gasteiger partial charge < -0.3 is 5.32 Å². The van der Waals surface area contributed by atoms with E-state index in [0.29, 0.717) is 10.8 Å². The number of hydrogen-bond donors (Lipinski definition) is 2. The van der Waals surface area contributed by atoms with Gasteiger partial charge in [-0.3, -0.25) is 0 Å². The minimum atomic E-state index is -3.34. The minimum Gasteiger partial charge on any atom is -0.385 e. The molecule has 1 unspecified atom stereocenters. The van der Waals surface area contributed by atoms with Gasteiger partial charge in [-0.05, 0) is 43.7 Å². The lowest BCUT2D eigenvalue weighted by Gasteiger charge is -2.16. The highest BCUT2D eigenvalue weighted by molar-refractivity contribution is 7.89. The molecule has 0 radical (unpaired) electrons. The normalized spacial score (nSPS) is 13.2. The Morgan fingerprint density at radius 1 is 1.15 bits per heavy atom. The molecule has 0 aliphatic heterocycles. The average Bonchev–Trinajstić information content (AvgIpc) is 2.48. The van der Waals surface area contributed by atoms with E-state index in [1.165, 1.54) is 32.7 Å². The fourth-order valence-corrected chi connectivity index (χ4v) is 2.81. The predicted octanol–water partition coefficient (Wildman–Crippen LogP) is 3.22. The largest absolute Gasteiger partial charge is 0.385 e. The third-order valence-corrected chi connectivity index (χ3v) is 5.00. The van der Waals surface area contributed by atoms with Crippen LogP contribution in [0.4, 0.5) is 5.69 Å². The molecule has 0 bridgehead atoms. The highest BCUT2D eigenvalue weighted by Gasteiger charge is 2.10. The van der Waals surface area contributed by atoms with E-state index in [9.17, 15) is 8.42 Å². The van der Waals surface area contributed by atoms with Gasteiger partial charge in [0.2, 0.25) is 10.0 Å². The number of sulfonamides is 1. The molecule has 0 aliphatic carbocycles. The lowest BCUT2D eigenvalue weighted by Crippen LogP contribution is -2.18. The van der Waals surface area contributed by atoms with E-state index in [1.54, 1.807) is 12.1 Å². The van der Waals surface area contributed by atoms with Gasteiger partial charge in [0.25, 0.3) is 0 Å². The molecule has 1 atom stereocenters. The van der Waals surface area contributed by atoms with Crippen LogP contribution in [0, 0.1) is 5.92 Å². The van der Waals surface area contributed by atoms with E-state index in [2.05, 4.69) is 23.9 Å². The molecule has 0 fully saturated rings. The highest BCUT2D eigenvalue weighted by atomic mass is 32.2. The van der Waals surface area contributed by atoms with Crippen molar-refractivity contribution < 1.29 is 8.42 Å². The van der Waals surface area contributed by atoms with Crippen LogP contribution in [0.3, 0.4) is 0 Å². The summed E-state index contributed by atoms with van der Waals surface area (Å²) in [4.78, 5) is 0.295. The summed E-state index contributed by atoms with van der Waals surface area (Å²) in [5, 5.41) is 3.39. The van der Waals surface area contributed by atoms with Crippen LogP contribution in [-0.2, 0) is 10.0 Å². The Labute approximate surface area is 123 Å². The quantitative estimate of drug-likeness (QED) is 0.736. The first kappa shape index (κ1) is 17.0. The minimum absolute atomic E-state index is 0.295. The van der Waals surface area contributed by atoms with Crippen molar-refractivity contribution in [2.75, 3.05) is 18.9 Å². The third kappa shape index (κ3) is 5.13. The molecule has 0 heterocycles. The molecule has 2 N–H and O–H groups in total. The lowest BCUT2D eigenvalue weighted by atomic mass is 9.99. The van der Waals surface area contributed by atoms with Crippen LogP contribution in [0.1, 0.15) is 39.5 Å². The van der Waals surface area contributed by atoms with E-state index in [1.807, 2.05) is 12.1 Å². The second-order valence-corrected chi connectivity index (χ2v) is 6.92. The van der Waals surface area contributed by atoms with Crippen LogP contribution in [0.15, 0.2) is 29.2 Å². The highest BCUT2D eigenvalue weighted by Crippen LogP contribution is 2.17. The van der Waals surface area contributed by atoms with Crippen molar-refractivity contribution in [1.29, 1.82) is 0 Å². The van der Waals surface area contributed by atoms with Crippen LogP contribution in [0.5, 0.6) is 0 Å². The van der Waals surface area contributed by atoms with Crippen LogP contribution in [0.25, 0.3) is 0 Å². The van der Waals surface area contributed by atoms with Gasteiger partial charge in [-0.15, -0.1) is 0 Å². The van der Waals surface area contributed by atoms with E-state index in [4.69, 9.17) is 0 Å². The smallest absolute Gasteiger partial charge is 0.240 e. The zero-order valence-corrected chi connectivity index (χ0v) is 13.5. The van der Waals surface area contributed by atoms with Crippen molar-refractivity contribution in [2.24, 2.45) is 5.92 Å². The summed E-state index contributed by atoms with van der Waals surface area (Å²) in [6.07, 6.45) is 4.90. The molecule has 0 aliphatic rings. The van der Waals surface area contributed by atoms with Gasteiger partial charge in [0.15, 0.2) is 0 Å². The zero-order valence-electron chi connectivity index (χ0n) is 12.6. The van der Waals surface area contributed by atoms with E-state index < -0.39 is 10.0 Å². The van der Waals surface area contributed by atoms with Gasteiger partial charge >= 0.3 is 0 Å². The summed E-state index contributed by atoms with van der Waals surface area (Å²) < 4.78 is 25.5. The van der Waals surface area contributed by atoms with Crippen molar-refractivity contribution in [1.82, 2.24) is 4.72 Å². The molecular formula is C15H26N2O2S. The number of nitrogens with one attached hydrogen (secondary N) is 2. The van der Waals surface area contributed by atoms with Gasteiger partial charge in [-0.25, -0.2) is 13.1 Å². The van der Waals surface area contributed by atoms with Gasteiger partial charge in [0.05, 0.1) is 4.90 Å². The summed E-state index contributed by atoms with van der Waals surface area (Å²) >= 11 is 0. The zero-order chi connectivity index (χ0) is 15.0. The molecule has 0 amide bonds.